The van der Waals surface area contributed by atoms with Gasteiger partial charge >= 0.3 is 0 Å². The van der Waals surface area contributed by atoms with E-state index in [9.17, 15) is 0 Å². The summed E-state index contributed by atoms with van der Waals surface area (Å²) < 4.78 is 0. The average molecular weight is 211 g/mol. The van der Waals surface area contributed by atoms with Crippen molar-refractivity contribution in [2.75, 3.05) is 26.7 Å². The molecule has 1 N–H and O–H groups in total. The molecule has 1 aromatic heterocycles. The monoisotopic (exact) mass is 211 g/mol. The van der Waals surface area contributed by atoms with Crippen LogP contribution in [0.25, 0.3) is 0 Å². The Bertz CT molecular complexity index is 260. The van der Waals surface area contributed by atoms with Gasteiger partial charge in [-0.15, -0.1) is 11.3 Å². The molecule has 1 aliphatic heterocycles. The molecule has 2 rings (SSSR count). The maximum atomic E-state index is 4.24. The van der Waals surface area contributed by atoms with Crippen molar-refractivity contribution in [1.82, 2.24) is 15.2 Å². The van der Waals surface area contributed by atoms with Gasteiger partial charge < -0.3 is 10.2 Å². The topological polar surface area (TPSA) is 28.2 Å². The van der Waals surface area contributed by atoms with Crippen molar-refractivity contribution in [1.29, 1.82) is 0 Å². The molecule has 0 spiro atoms. The van der Waals surface area contributed by atoms with Gasteiger partial charge in [0.05, 0.1) is 11.2 Å². The maximum absolute atomic E-state index is 4.24. The maximum Gasteiger partial charge on any atom is 0.0795 e. The third kappa shape index (κ3) is 2.77. The molecule has 0 radical (unpaired) electrons. The Morgan fingerprint density at radius 1 is 1.71 bits per heavy atom. The number of nitrogens with one attached hydrogen (secondary N) is 1. The van der Waals surface area contributed by atoms with Crippen molar-refractivity contribution in [3.63, 3.8) is 0 Å². The van der Waals surface area contributed by atoms with Crippen LogP contribution in [0.4, 0.5) is 0 Å². The minimum Gasteiger partial charge on any atom is -0.311 e. The quantitative estimate of drug-likeness (QED) is 0.810. The van der Waals surface area contributed by atoms with Gasteiger partial charge in [-0.25, -0.2) is 4.98 Å². The fraction of sp³-hybridized carbons (Fsp3) is 0.700. The second-order valence-corrected chi connectivity index (χ2v) is 4.75. The van der Waals surface area contributed by atoms with Gasteiger partial charge in [-0.2, -0.15) is 0 Å². The smallest absolute Gasteiger partial charge is 0.0795 e. The van der Waals surface area contributed by atoms with Crippen LogP contribution in [0.1, 0.15) is 12.1 Å². The Balaban J connectivity index is 1.64. The Labute approximate surface area is 89.1 Å². The Morgan fingerprint density at radius 3 is 3.29 bits per heavy atom. The van der Waals surface area contributed by atoms with Gasteiger partial charge in [-0.05, 0) is 32.5 Å². The number of rotatable bonds is 4. The van der Waals surface area contributed by atoms with Gasteiger partial charge in [0.1, 0.15) is 0 Å². The molecule has 1 unspecified atom stereocenters. The van der Waals surface area contributed by atoms with E-state index in [0.29, 0.717) is 0 Å². The third-order valence-electron chi connectivity index (χ3n) is 2.71. The summed E-state index contributed by atoms with van der Waals surface area (Å²) in [5.74, 6) is 0.832. The standard InChI is InChI=1S/C10H17N3S/c1-13-3-2-9(6-13)4-11-5-10-7-14-8-12-10/h7-9,11H,2-6H2,1H3. The molecule has 0 aromatic carbocycles. The zero-order chi connectivity index (χ0) is 9.80. The summed E-state index contributed by atoms with van der Waals surface area (Å²) in [5, 5.41) is 5.57. The van der Waals surface area contributed by atoms with Crippen LogP contribution in [-0.2, 0) is 6.54 Å². The molecule has 3 nitrogen and oxygen atoms in total. The largest absolute Gasteiger partial charge is 0.311 e. The summed E-state index contributed by atoms with van der Waals surface area (Å²) in [4.78, 5) is 6.64. The van der Waals surface area contributed by atoms with E-state index in [0.717, 1.165) is 19.0 Å². The molecule has 14 heavy (non-hydrogen) atoms. The zero-order valence-electron chi connectivity index (χ0n) is 8.57. The molecule has 4 heteroatoms. The highest BCUT2D eigenvalue weighted by molar-refractivity contribution is 7.07. The fourth-order valence-electron chi connectivity index (χ4n) is 1.92. The van der Waals surface area contributed by atoms with E-state index in [1.54, 1.807) is 11.3 Å². The lowest BCUT2D eigenvalue weighted by molar-refractivity contribution is 0.388. The van der Waals surface area contributed by atoms with Gasteiger partial charge in [0.2, 0.25) is 0 Å². The van der Waals surface area contributed by atoms with Gasteiger partial charge in [-0.1, -0.05) is 0 Å². The lowest BCUT2D eigenvalue weighted by atomic mass is 10.1. The van der Waals surface area contributed by atoms with Gasteiger partial charge in [-0.3, -0.25) is 0 Å². The summed E-state index contributed by atoms with van der Waals surface area (Å²) in [6, 6.07) is 0. The normalized spacial score (nSPS) is 23.1. The lowest BCUT2D eigenvalue weighted by Gasteiger charge is -2.10. The van der Waals surface area contributed by atoms with Crippen LogP contribution in [0.2, 0.25) is 0 Å². The van der Waals surface area contributed by atoms with Crippen molar-refractivity contribution in [2.24, 2.45) is 5.92 Å². The second kappa shape index (κ2) is 4.87. The molecule has 0 saturated carbocycles. The van der Waals surface area contributed by atoms with Gasteiger partial charge in [0, 0.05) is 18.5 Å². The molecule has 1 fully saturated rings. The van der Waals surface area contributed by atoms with Gasteiger partial charge in [0.15, 0.2) is 0 Å². The number of thiazole rings is 1. The summed E-state index contributed by atoms with van der Waals surface area (Å²) in [5.41, 5.74) is 3.06. The van der Waals surface area contributed by atoms with Crippen molar-refractivity contribution < 1.29 is 0 Å². The Kier molecular flexibility index (Phi) is 3.50. The first-order chi connectivity index (χ1) is 6.84. The van der Waals surface area contributed by atoms with Crippen LogP contribution in [0, 0.1) is 5.92 Å². The molecular formula is C10H17N3S. The van der Waals surface area contributed by atoms with Crippen LogP contribution in [0.15, 0.2) is 10.9 Å². The highest BCUT2D eigenvalue weighted by Crippen LogP contribution is 2.13. The predicted octanol–water partition coefficient (Wildman–Crippen LogP) is 1.18. The third-order valence-corrected chi connectivity index (χ3v) is 3.35. The van der Waals surface area contributed by atoms with E-state index in [1.165, 1.54) is 25.2 Å². The number of aromatic nitrogens is 1. The van der Waals surface area contributed by atoms with Crippen LogP contribution < -0.4 is 5.32 Å². The predicted molar refractivity (Wildman–Crippen MR) is 59.4 cm³/mol. The number of hydrogen-bond donors (Lipinski definition) is 1. The fourth-order valence-corrected chi connectivity index (χ4v) is 2.48. The number of likely N-dealkylation sites (tertiary alicyclic amines) is 1. The second-order valence-electron chi connectivity index (χ2n) is 4.03. The van der Waals surface area contributed by atoms with E-state index < -0.39 is 0 Å². The van der Waals surface area contributed by atoms with E-state index in [-0.39, 0.29) is 0 Å². The minimum absolute atomic E-state index is 0.832. The molecule has 1 aromatic rings. The number of hydrogen-bond acceptors (Lipinski definition) is 4. The van der Waals surface area contributed by atoms with Crippen molar-refractivity contribution in [2.45, 2.75) is 13.0 Å². The molecule has 0 bridgehead atoms. The van der Waals surface area contributed by atoms with Crippen LogP contribution in [0.5, 0.6) is 0 Å². The van der Waals surface area contributed by atoms with E-state index >= 15 is 0 Å². The van der Waals surface area contributed by atoms with Crippen molar-refractivity contribution in [3.8, 4) is 0 Å². The van der Waals surface area contributed by atoms with E-state index in [4.69, 9.17) is 0 Å². The summed E-state index contributed by atoms with van der Waals surface area (Å²) >= 11 is 1.66. The zero-order valence-corrected chi connectivity index (χ0v) is 9.39. The molecule has 1 atom stereocenters. The first-order valence-electron chi connectivity index (χ1n) is 5.11. The highest BCUT2D eigenvalue weighted by atomic mass is 32.1. The summed E-state index contributed by atoms with van der Waals surface area (Å²) in [6.45, 7) is 4.54. The van der Waals surface area contributed by atoms with Gasteiger partial charge in [0.25, 0.3) is 0 Å². The molecular weight excluding hydrogens is 194 g/mol. The highest BCUT2D eigenvalue weighted by Gasteiger charge is 2.18. The lowest BCUT2D eigenvalue weighted by Crippen LogP contribution is -2.24. The van der Waals surface area contributed by atoms with Crippen LogP contribution >= 0.6 is 11.3 Å². The van der Waals surface area contributed by atoms with Crippen molar-refractivity contribution >= 4 is 11.3 Å². The van der Waals surface area contributed by atoms with Crippen LogP contribution in [0.3, 0.4) is 0 Å². The Morgan fingerprint density at radius 2 is 2.64 bits per heavy atom. The summed E-state index contributed by atoms with van der Waals surface area (Å²) in [7, 11) is 2.19. The first kappa shape index (κ1) is 10.1. The minimum atomic E-state index is 0.832. The molecule has 0 amide bonds. The van der Waals surface area contributed by atoms with E-state index in [2.05, 4.69) is 27.6 Å². The van der Waals surface area contributed by atoms with E-state index in [1.807, 2.05) is 5.51 Å². The molecule has 1 saturated heterocycles. The SMILES string of the molecule is CN1CCC(CNCc2cscn2)C1. The molecule has 2 heterocycles. The summed E-state index contributed by atoms with van der Waals surface area (Å²) in [6.07, 6.45) is 1.33. The first-order valence-corrected chi connectivity index (χ1v) is 6.05. The van der Waals surface area contributed by atoms with Crippen LogP contribution in [-0.4, -0.2) is 36.6 Å². The molecule has 1 aliphatic rings. The number of nitrogens with zero attached hydrogens (tertiary/aromatic N) is 2. The Hall–Kier alpha value is -0.450. The van der Waals surface area contributed by atoms with Crippen molar-refractivity contribution in [3.05, 3.63) is 16.6 Å². The molecule has 78 valence electrons. The molecule has 0 aliphatic carbocycles. The average Bonchev–Trinajstić information content (AvgIpc) is 2.77.